The summed E-state index contributed by atoms with van der Waals surface area (Å²) in [5, 5.41) is 6.10. The van der Waals surface area contributed by atoms with E-state index >= 15 is 0 Å². The topological polar surface area (TPSA) is 84.2 Å². The Morgan fingerprint density at radius 3 is 2.70 bits per heavy atom. The number of amides is 2. The molecular formula is C15H23N3O2. The first kappa shape index (κ1) is 16.2. The van der Waals surface area contributed by atoms with Crippen molar-refractivity contribution in [3.8, 4) is 0 Å². The monoisotopic (exact) mass is 277 g/mol. The van der Waals surface area contributed by atoms with E-state index in [9.17, 15) is 9.59 Å². The van der Waals surface area contributed by atoms with E-state index < -0.39 is 5.91 Å². The highest BCUT2D eigenvalue weighted by Gasteiger charge is 2.04. The summed E-state index contributed by atoms with van der Waals surface area (Å²) in [5.41, 5.74) is 6.54. The van der Waals surface area contributed by atoms with Crippen LogP contribution in [0.1, 0.15) is 42.6 Å². The fourth-order valence-corrected chi connectivity index (χ4v) is 1.76. The lowest BCUT2D eigenvalue weighted by Gasteiger charge is -2.08. The van der Waals surface area contributed by atoms with Crippen LogP contribution in [0.2, 0.25) is 0 Å². The van der Waals surface area contributed by atoms with Gasteiger partial charge in [0, 0.05) is 24.6 Å². The van der Waals surface area contributed by atoms with Crippen molar-refractivity contribution in [2.45, 2.75) is 39.3 Å². The van der Waals surface area contributed by atoms with E-state index in [2.05, 4.69) is 24.5 Å². The van der Waals surface area contributed by atoms with Crippen molar-refractivity contribution >= 4 is 11.8 Å². The molecule has 0 bridgehead atoms. The van der Waals surface area contributed by atoms with Gasteiger partial charge in [-0.2, -0.15) is 0 Å². The zero-order chi connectivity index (χ0) is 15.0. The molecule has 0 unspecified atom stereocenters. The summed E-state index contributed by atoms with van der Waals surface area (Å²) in [4.78, 5) is 22.7. The molecule has 110 valence electrons. The molecule has 1 aromatic rings. The molecule has 0 saturated heterocycles. The molecule has 4 N–H and O–H groups in total. The van der Waals surface area contributed by atoms with Crippen LogP contribution < -0.4 is 16.4 Å². The number of rotatable bonds is 8. The summed E-state index contributed by atoms with van der Waals surface area (Å²) in [5.74, 6) is -0.446. The summed E-state index contributed by atoms with van der Waals surface area (Å²) in [6, 6.07) is 7.41. The van der Waals surface area contributed by atoms with Crippen LogP contribution in [0.4, 0.5) is 0 Å². The maximum atomic E-state index is 11.6. The second kappa shape index (κ2) is 8.32. The summed E-state index contributed by atoms with van der Waals surface area (Å²) in [6.07, 6.45) is 1.31. The smallest absolute Gasteiger partial charge is 0.248 e. The van der Waals surface area contributed by atoms with Crippen LogP contribution >= 0.6 is 0 Å². The maximum Gasteiger partial charge on any atom is 0.248 e. The Bertz CT molecular complexity index is 458. The second-order valence-electron chi connectivity index (χ2n) is 5.05. The fourth-order valence-electron chi connectivity index (χ4n) is 1.76. The van der Waals surface area contributed by atoms with Crippen molar-refractivity contribution in [2.24, 2.45) is 5.73 Å². The van der Waals surface area contributed by atoms with Crippen molar-refractivity contribution in [3.05, 3.63) is 35.4 Å². The fraction of sp³-hybridized carbons (Fsp3) is 0.467. The average molecular weight is 277 g/mol. The molecule has 0 radical (unpaired) electrons. The van der Waals surface area contributed by atoms with Crippen LogP contribution in [0.25, 0.3) is 0 Å². The first-order chi connectivity index (χ1) is 9.49. The molecule has 0 aliphatic carbocycles. The average Bonchev–Trinajstić information content (AvgIpc) is 2.41. The third kappa shape index (κ3) is 6.33. The molecule has 0 aliphatic rings. The van der Waals surface area contributed by atoms with Gasteiger partial charge in [-0.25, -0.2) is 0 Å². The first-order valence-electron chi connectivity index (χ1n) is 6.88. The molecule has 0 saturated carbocycles. The van der Waals surface area contributed by atoms with Gasteiger partial charge in [-0.15, -0.1) is 0 Å². The van der Waals surface area contributed by atoms with E-state index in [1.807, 2.05) is 6.07 Å². The van der Waals surface area contributed by atoms with E-state index in [-0.39, 0.29) is 5.91 Å². The van der Waals surface area contributed by atoms with Gasteiger partial charge >= 0.3 is 0 Å². The minimum absolute atomic E-state index is 0.0139. The van der Waals surface area contributed by atoms with Gasteiger partial charge < -0.3 is 16.4 Å². The minimum atomic E-state index is -0.460. The number of hydrogen-bond acceptors (Lipinski definition) is 3. The summed E-state index contributed by atoms with van der Waals surface area (Å²) < 4.78 is 0. The molecule has 0 fully saturated rings. The largest absolute Gasteiger partial charge is 0.366 e. The third-order valence-electron chi connectivity index (χ3n) is 2.83. The van der Waals surface area contributed by atoms with E-state index in [1.165, 1.54) is 0 Å². The number of carbonyl (C=O) groups excluding carboxylic acids is 2. The number of nitrogens with two attached hydrogens (primary N) is 1. The normalized spacial score (nSPS) is 10.6. The second-order valence-corrected chi connectivity index (χ2v) is 5.05. The Morgan fingerprint density at radius 2 is 2.05 bits per heavy atom. The first-order valence-corrected chi connectivity index (χ1v) is 6.88. The number of carbonyl (C=O) groups is 2. The predicted octanol–water partition coefficient (Wildman–Crippen LogP) is 1.18. The van der Waals surface area contributed by atoms with Crippen LogP contribution in [-0.2, 0) is 11.3 Å². The van der Waals surface area contributed by atoms with Crippen molar-refractivity contribution in [2.75, 3.05) is 6.54 Å². The Labute approximate surface area is 119 Å². The molecule has 1 rings (SSSR count). The van der Waals surface area contributed by atoms with E-state index in [1.54, 1.807) is 18.2 Å². The summed E-state index contributed by atoms with van der Waals surface area (Å²) in [7, 11) is 0. The minimum Gasteiger partial charge on any atom is -0.366 e. The number of nitrogens with one attached hydrogen (secondary N) is 2. The van der Waals surface area contributed by atoms with Gasteiger partial charge in [0.2, 0.25) is 11.8 Å². The van der Waals surface area contributed by atoms with Crippen LogP contribution in [-0.4, -0.2) is 24.4 Å². The maximum absolute atomic E-state index is 11.6. The molecule has 0 aliphatic heterocycles. The lowest BCUT2D eigenvalue weighted by molar-refractivity contribution is -0.121. The SMILES string of the molecule is CC(C)NCCCC(=O)NCc1cccc(C(N)=O)c1. The van der Waals surface area contributed by atoms with Crippen molar-refractivity contribution in [3.63, 3.8) is 0 Å². The van der Waals surface area contributed by atoms with Crippen LogP contribution in [0.5, 0.6) is 0 Å². The molecule has 20 heavy (non-hydrogen) atoms. The molecule has 5 heteroatoms. The molecule has 1 aromatic carbocycles. The zero-order valence-corrected chi connectivity index (χ0v) is 12.1. The van der Waals surface area contributed by atoms with Crippen LogP contribution in [0.3, 0.4) is 0 Å². The standard InChI is InChI=1S/C15H23N3O2/c1-11(2)17-8-4-7-14(19)18-10-12-5-3-6-13(9-12)15(16)20/h3,5-6,9,11,17H,4,7-8,10H2,1-2H3,(H2,16,20)(H,18,19). The summed E-state index contributed by atoms with van der Waals surface area (Å²) >= 11 is 0. The number of primary amides is 1. The van der Waals surface area contributed by atoms with Gasteiger partial charge in [-0.05, 0) is 30.7 Å². The predicted molar refractivity (Wildman–Crippen MR) is 79.2 cm³/mol. The van der Waals surface area contributed by atoms with E-state index in [0.29, 0.717) is 24.6 Å². The lowest BCUT2D eigenvalue weighted by atomic mass is 10.1. The summed E-state index contributed by atoms with van der Waals surface area (Å²) in [6.45, 7) is 5.40. The number of hydrogen-bond donors (Lipinski definition) is 3. The van der Waals surface area contributed by atoms with Crippen molar-refractivity contribution in [1.29, 1.82) is 0 Å². The van der Waals surface area contributed by atoms with Gasteiger partial charge in [-0.3, -0.25) is 9.59 Å². The molecule has 0 heterocycles. The van der Waals surface area contributed by atoms with Gasteiger partial charge in [0.1, 0.15) is 0 Å². The van der Waals surface area contributed by atoms with Gasteiger partial charge in [0.15, 0.2) is 0 Å². The quantitative estimate of drug-likeness (QED) is 0.624. The Hall–Kier alpha value is -1.88. The molecule has 0 aromatic heterocycles. The lowest BCUT2D eigenvalue weighted by Crippen LogP contribution is -2.27. The Morgan fingerprint density at radius 1 is 1.30 bits per heavy atom. The molecular weight excluding hydrogens is 254 g/mol. The zero-order valence-electron chi connectivity index (χ0n) is 12.1. The molecule has 2 amide bonds. The molecule has 0 spiro atoms. The van der Waals surface area contributed by atoms with E-state index in [0.717, 1.165) is 18.5 Å². The Balaban J connectivity index is 2.30. The number of benzene rings is 1. The van der Waals surface area contributed by atoms with Crippen LogP contribution in [0.15, 0.2) is 24.3 Å². The molecule has 5 nitrogen and oxygen atoms in total. The van der Waals surface area contributed by atoms with Gasteiger partial charge in [0.25, 0.3) is 0 Å². The Kier molecular flexibility index (Phi) is 6.73. The van der Waals surface area contributed by atoms with E-state index in [4.69, 9.17) is 5.73 Å². The highest BCUT2D eigenvalue weighted by atomic mass is 16.1. The van der Waals surface area contributed by atoms with Crippen LogP contribution in [0, 0.1) is 0 Å². The highest BCUT2D eigenvalue weighted by molar-refractivity contribution is 5.92. The third-order valence-corrected chi connectivity index (χ3v) is 2.83. The van der Waals surface area contributed by atoms with Gasteiger partial charge in [0.05, 0.1) is 0 Å². The highest BCUT2D eigenvalue weighted by Crippen LogP contribution is 2.04. The van der Waals surface area contributed by atoms with Gasteiger partial charge in [-0.1, -0.05) is 26.0 Å². The van der Waals surface area contributed by atoms with Crippen molar-refractivity contribution < 1.29 is 9.59 Å². The van der Waals surface area contributed by atoms with Crippen molar-refractivity contribution in [1.82, 2.24) is 10.6 Å². The molecule has 0 atom stereocenters.